The average Bonchev–Trinajstić information content (AvgIpc) is 2.82. The minimum Gasteiger partial charge on any atom is -0.508 e. The summed E-state index contributed by atoms with van der Waals surface area (Å²) in [5.74, 6) is -0.434. The number of β-amino-alcohol motifs (C(OH)–C–C–N with tert-alkyl or cyclic N) is 1. The number of nitrogens with one attached hydrogen (secondary N) is 2. The van der Waals surface area contributed by atoms with Gasteiger partial charge >= 0.3 is 0 Å². The lowest BCUT2D eigenvalue weighted by atomic mass is 9.91. The molecule has 0 aromatic heterocycles. The number of carbonyl (C=O) groups excluding carboxylic acids is 1. The lowest BCUT2D eigenvalue weighted by Crippen LogP contribution is -2.43. The van der Waals surface area contributed by atoms with Crippen molar-refractivity contribution in [2.75, 3.05) is 13.1 Å². The Labute approximate surface area is 207 Å². The molecule has 35 heavy (non-hydrogen) atoms. The zero-order valence-corrected chi connectivity index (χ0v) is 20.7. The van der Waals surface area contributed by atoms with E-state index in [-0.39, 0.29) is 35.4 Å². The van der Waals surface area contributed by atoms with Crippen LogP contribution in [-0.2, 0) is 17.6 Å². The summed E-state index contributed by atoms with van der Waals surface area (Å²) in [5, 5.41) is 36.2. The molecule has 6 heteroatoms. The van der Waals surface area contributed by atoms with E-state index >= 15 is 0 Å². The summed E-state index contributed by atoms with van der Waals surface area (Å²) in [7, 11) is 0. The molecule has 0 bridgehead atoms. The maximum Gasteiger partial charge on any atom is 0.227 e. The number of hydrogen-bond donors (Lipinski definition) is 5. The normalized spacial score (nSPS) is 13.3. The second kappa shape index (κ2) is 11.9. The van der Waals surface area contributed by atoms with Gasteiger partial charge in [-0.15, -0.1) is 0 Å². The summed E-state index contributed by atoms with van der Waals surface area (Å²) in [6.45, 7) is 6.87. The van der Waals surface area contributed by atoms with Crippen LogP contribution < -0.4 is 10.6 Å². The number of aliphatic hydroxyl groups excluding tert-OH is 1. The third kappa shape index (κ3) is 8.12. The molecule has 0 radical (unpaired) electrons. The lowest BCUT2D eigenvalue weighted by molar-refractivity contribution is -0.122. The molecule has 2 unspecified atom stereocenters. The maximum atomic E-state index is 12.7. The second-order valence-electron chi connectivity index (χ2n) is 9.73. The summed E-state index contributed by atoms with van der Waals surface area (Å²) in [5.41, 5.74) is 3.36. The fourth-order valence-electron chi connectivity index (χ4n) is 4.13. The van der Waals surface area contributed by atoms with Crippen molar-refractivity contribution in [2.24, 2.45) is 0 Å². The predicted octanol–water partition coefficient (Wildman–Crippen LogP) is 4.20. The van der Waals surface area contributed by atoms with E-state index in [2.05, 4.69) is 28.8 Å². The Balaban J connectivity index is 1.54. The first kappa shape index (κ1) is 26.3. The molecular formula is C29H36N2O4. The van der Waals surface area contributed by atoms with Crippen LogP contribution in [0.3, 0.4) is 0 Å². The molecule has 1 amide bonds. The van der Waals surface area contributed by atoms with Gasteiger partial charge in [0.2, 0.25) is 5.91 Å². The van der Waals surface area contributed by atoms with Crippen LogP contribution in [0.2, 0.25) is 0 Å². The summed E-state index contributed by atoms with van der Waals surface area (Å²) in [4.78, 5) is 12.7. The number of aliphatic hydroxyl groups is 1. The highest BCUT2D eigenvalue weighted by Crippen LogP contribution is 2.25. The summed E-state index contributed by atoms with van der Waals surface area (Å²) < 4.78 is 0. The van der Waals surface area contributed by atoms with Crippen LogP contribution in [0.5, 0.6) is 11.5 Å². The number of rotatable bonds is 11. The topological polar surface area (TPSA) is 102 Å². The number of carbonyl (C=O) groups is 1. The SMILES string of the molecule is CC(C(=O)NCCc1ccccc1)c1cccc(CC(C)(C)NCC(O)c2cc(O)cc(O)c2)c1. The van der Waals surface area contributed by atoms with Crippen LogP contribution >= 0.6 is 0 Å². The molecule has 3 rings (SSSR count). The minimum absolute atomic E-state index is 0.00737. The molecule has 0 saturated heterocycles. The van der Waals surface area contributed by atoms with E-state index in [4.69, 9.17) is 0 Å². The van der Waals surface area contributed by atoms with Crippen LogP contribution in [-0.4, -0.2) is 39.9 Å². The van der Waals surface area contributed by atoms with Gasteiger partial charge in [0, 0.05) is 24.7 Å². The van der Waals surface area contributed by atoms with E-state index < -0.39 is 6.10 Å². The Hall–Kier alpha value is -3.35. The molecule has 0 aliphatic rings. The van der Waals surface area contributed by atoms with Crippen LogP contribution in [0.1, 0.15) is 55.0 Å². The molecule has 5 N–H and O–H groups in total. The first-order chi connectivity index (χ1) is 16.6. The Morgan fingerprint density at radius 3 is 2.23 bits per heavy atom. The van der Waals surface area contributed by atoms with Gasteiger partial charge in [-0.05, 0) is 68.0 Å². The van der Waals surface area contributed by atoms with Crippen molar-refractivity contribution in [3.63, 3.8) is 0 Å². The molecule has 6 nitrogen and oxygen atoms in total. The molecule has 0 aliphatic heterocycles. The van der Waals surface area contributed by atoms with Crippen molar-refractivity contribution >= 4 is 5.91 Å². The van der Waals surface area contributed by atoms with Gasteiger partial charge in [-0.2, -0.15) is 0 Å². The Morgan fingerprint density at radius 1 is 0.886 bits per heavy atom. The van der Waals surface area contributed by atoms with Crippen LogP contribution in [0, 0.1) is 0 Å². The molecule has 0 fully saturated rings. The van der Waals surface area contributed by atoms with Gasteiger partial charge < -0.3 is 26.0 Å². The highest BCUT2D eigenvalue weighted by molar-refractivity contribution is 5.83. The molecule has 186 valence electrons. The molecule has 0 heterocycles. The van der Waals surface area contributed by atoms with E-state index in [0.717, 1.165) is 17.5 Å². The van der Waals surface area contributed by atoms with Crippen LogP contribution in [0.25, 0.3) is 0 Å². The van der Waals surface area contributed by atoms with Gasteiger partial charge in [-0.25, -0.2) is 0 Å². The first-order valence-electron chi connectivity index (χ1n) is 12.0. The van der Waals surface area contributed by atoms with Crippen molar-refractivity contribution in [3.8, 4) is 11.5 Å². The van der Waals surface area contributed by atoms with Crippen molar-refractivity contribution in [1.29, 1.82) is 0 Å². The van der Waals surface area contributed by atoms with E-state index in [1.807, 2.05) is 57.2 Å². The largest absolute Gasteiger partial charge is 0.508 e. The van der Waals surface area contributed by atoms with Crippen molar-refractivity contribution in [3.05, 3.63) is 95.1 Å². The molecular weight excluding hydrogens is 440 g/mol. The third-order valence-electron chi connectivity index (χ3n) is 6.13. The van der Waals surface area contributed by atoms with Gasteiger partial charge in [0.05, 0.1) is 12.0 Å². The number of aromatic hydroxyl groups is 2. The zero-order chi connectivity index (χ0) is 25.4. The van der Waals surface area contributed by atoms with Crippen LogP contribution in [0.15, 0.2) is 72.8 Å². The van der Waals surface area contributed by atoms with E-state index in [9.17, 15) is 20.1 Å². The molecule has 0 spiro atoms. The number of benzene rings is 3. The Kier molecular flexibility index (Phi) is 8.90. The van der Waals surface area contributed by atoms with E-state index in [1.165, 1.54) is 23.8 Å². The van der Waals surface area contributed by atoms with E-state index in [0.29, 0.717) is 18.5 Å². The smallest absolute Gasteiger partial charge is 0.227 e. The van der Waals surface area contributed by atoms with Gasteiger partial charge in [-0.3, -0.25) is 4.79 Å². The van der Waals surface area contributed by atoms with Crippen molar-refractivity contribution in [1.82, 2.24) is 10.6 Å². The Morgan fingerprint density at radius 2 is 1.54 bits per heavy atom. The number of amides is 1. The van der Waals surface area contributed by atoms with Crippen LogP contribution in [0.4, 0.5) is 0 Å². The summed E-state index contributed by atoms with van der Waals surface area (Å²) in [6.07, 6.45) is 0.618. The predicted molar refractivity (Wildman–Crippen MR) is 139 cm³/mol. The first-order valence-corrected chi connectivity index (χ1v) is 12.0. The van der Waals surface area contributed by atoms with Crippen molar-refractivity contribution in [2.45, 2.75) is 51.2 Å². The third-order valence-corrected chi connectivity index (χ3v) is 6.13. The minimum atomic E-state index is -0.877. The summed E-state index contributed by atoms with van der Waals surface area (Å²) in [6, 6.07) is 22.3. The number of phenolic OH excluding ortho intramolecular Hbond substituents is 2. The fraction of sp³-hybridized carbons (Fsp3) is 0.345. The van der Waals surface area contributed by atoms with Gasteiger partial charge in [0.25, 0.3) is 0 Å². The molecule has 0 saturated carbocycles. The highest BCUT2D eigenvalue weighted by Gasteiger charge is 2.22. The monoisotopic (exact) mass is 476 g/mol. The maximum absolute atomic E-state index is 12.7. The molecule has 0 aliphatic carbocycles. The second-order valence-corrected chi connectivity index (χ2v) is 9.73. The number of phenols is 2. The lowest BCUT2D eigenvalue weighted by Gasteiger charge is -2.28. The standard InChI is InChI=1S/C29H36N2O4/c1-20(28(35)30-13-12-21-8-5-4-6-9-21)23-11-7-10-22(14-23)18-29(2,3)31-19-27(34)24-15-25(32)17-26(33)16-24/h4-11,14-17,20,27,31-34H,12-13,18-19H2,1-3H3,(H,30,35). The Bertz CT molecular complexity index is 1090. The number of hydrogen-bond acceptors (Lipinski definition) is 5. The van der Waals surface area contributed by atoms with Gasteiger partial charge in [0.15, 0.2) is 0 Å². The quantitative estimate of drug-likeness (QED) is 0.285. The van der Waals surface area contributed by atoms with E-state index in [1.54, 1.807) is 0 Å². The highest BCUT2D eigenvalue weighted by atomic mass is 16.3. The summed E-state index contributed by atoms with van der Waals surface area (Å²) >= 11 is 0. The molecule has 3 aromatic carbocycles. The fourth-order valence-corrected chi connectivity index (χ4v) is 4.13. The molecule has 2 atom stereocenters. The zero-order valence-electron chi connectivity index (χ0n) is 20.7. The molecule has 3 aromatic rings. The van der Waals surface area contributed by atoms with Gasteiger partial charge in [0.1, 0.15) is 11.5 Å². The van der Waals surface area contributed by atoms with Crippen molar-refractivity contribution < 1.29 is 20.1 Å². The van der Waals surface area contributed by atoms with Gasteiger partial charge in [-0.1, -0.05) is 54.6 Å². The average molecular weight is 477 g/mol.